The predicted octanol–water partition coefficient (Wildman–Crippen LogP) is 3.92. The van der Waals surface area contributed by atoms with E-state index in [1.165, 1.54) is 25.1 Å². The molecule has 0 radical (unpaired) electrons. The van der Waals surface area contributed by atoms with E-state index in [-0.39, 0.29) is 11.5 Å². The Bertz CT molecular complexity index is 605. The summed E-state index contributed by atoms with van der Waals surface area (Å²) in [6.45, 7) is 3.74. The van der Waals surface area contributed by atoms with Gasteiger partial charge in [-0.2, -0.15) is 0 Å². The molecule has 0 aliphatic heterocycles. The fourth-order valence-electron chi connectivity index (χ4n) is 1.87. The van der Waals surface area contributed by atoms with Crippen LogP contribution in [0.15, 0.2) is 42.5 Å². The van der Waals surface area contributed by atoms with E-state index < -0.39 is 5.82 Å². The Morgan fingerprint density at radius 2 is 2.00 bits per heavy atom. The van der Waals surface area contributed by atoms with Gasteiger partial charge in [0.2, 0.25) is 0 Å². The van der Waals surface area contributed by atoms with Gasteiger partial charge in [0, 0.05) is 6.07 Å². The molecule has 0 saturated carbocycles. The smallest absolute Gasteiger partial charge is 0.163 e. The summed E-state index contributed by atoms with van der Waals surface area (Å²) in [6.07, 6.45) is 0. The highest BCUT2D eigenvalue weighted by Gasteiger charge is 2.09. The van der Waals surface area contributed by atoms with Crippen LogP contribution in [0.1, 0.15) is 28.4 Å². The first-order chi connectivity index (χ1) is 9.06. The Morgan fingerprint density at radius 3 is 2.68 bits per heavy atom. The highest BCUT2D eigenvalue weighted by Crippen LogP contribution is 2.21. The molecule has 0 fully saturated rings. The molecule has 0 unspecified atom stereocenters. The standard InChI is InChI=1S/C16H15FO2/c1-11-4-3-5-13(8-11)10-19-16-9-14(17)6-7-15(16)12(2)18/h3-9H,10H2,1-2H3. The Morgan fingerprint density at radius 1 is 1.21 bits per heavy atom. The van der Waals surface area contributed by atoms with Gasteiger partial charge in [-0.05, 0) is 31.5 Å². The lowest BCUT2D eigenvalue weighted by molar-refractivity contribution is 0.101. The van der Waals surface area contributed by atoms with Crippen molar-refractivity contribution in [2.45, 2.75) is 20.5 Å². The maximum absolute atomic E-state index is 13.2. The predicted molar refractivity (Wildman–Crippen MR) is 71.9 cm³/mol. The van der Waals surface area contributed by atoms with E-state index in [4.69, 9.17) is 4.74 Å². The maximum atomic E-state index is 13.2. The molecule has 0 spiro atoms. The molecule has 0 atom stereocenters. The number of aryl methyl sites for hydroxylation is 1. The van der Waals surface area contributed by atoms with Crippen LogP contribution in [0.25, 0.3) is 0 Å². The lowest BCUT2D eigenvalue weighted by Gasteiger charge is -2.10. The van der Waals surface area contributed by atoms with Crippen molar-refractivity contribution in [3.63, 3.8) is 0 Å². The molecule has 0 N–H and O–H groups in total. The molecule has 19 heavy (non-hydrogen) atoms. The Balaban J connectivity index is 2.19. The molecule has 0 aliphatic rings. The third-order valence-electron chi connectivity index (χ3n) is 2.80. The van der Waals surface area contributed by atoms with E-state index >= 15 is 0 Å². The van der Waals surface area contributed by atoms with Gasteiger partial charge in [-0.3, -0.25) is 4.79 Å². The first-order valence-electron chi connectivity index (χ1n) is 6.05. The fraction of sp³-hybridized carbons (Fsp3) is 0.188. The summed E-state index contributed by atoms with van der Waals surface area (Å²) < 4.78 is 18.8. The molecule has 0 heterocycles. The van der Waals surface area contributed by atoms with Crippen molar-refractivity contribution in [3.05, 3.63) is 65.0 Å². The van der Waals surface area contributed by atoms with Gasteiger partial charge >= 0.3 is 0 Å². The van der Waals surface area contributed by atoms with Crippen molar-refractivity contribution in [2.75, 3.05) is 0 Å². The second kappa shape index (κ2) is 5.65. The van der Waals surface area contributed by atoms with Gasteiger partial charge in [-0.25, -0.2) is 4.39 Å². The summed E-state index contributed by atoms with van der Waals surface area (Å²) in [6, 6.07) is 11.8. The lowest BCUT2D eigenvalue weighted by atomic mass is 10.1. The third-order valence-corrected chi connectivity index (χ3v) is 2.80. The van der Waals surface area contributed by atoms with E-state index in [9.17, 15) is 9.18 Å². The molecule has 2 aromatic rings. The minimum Gasteiger partial charge on any atom is -0.488 e. The summed E-state index contributed by atoms with van der Waals surface area (Å²) in [5.74, 6) is -0.266. The molecule has 0 saturated heterocycles. The Kier molecular flexibility index (Phi) is 3.95. The zero-order valence-corrected chi connectivity index (χ0v) is 10.9. The van der Waals surface area contributed by atoms with Crippen LogP contribution < -0.4 is 4.74 Å². The molecular formula is C16H15FO2. The SMILES string of the molecule is CC(=O)c1ccc(F)cc1OCc1cccc(C)c1. The number of Topliss-reactive ketones (excluding diaryl/α,β-unsaturated/α-hetero) is 1. The van der Waals surface area contributed by atoms with Crippen molar-refractivity contribution < 1.29 is 13.9 Å². The topological polar surface area (TPSA) is 26.3 Å². The van der Waals surface area contributed by atoms with Crippen molar-refractivity contribution in [1.82, 2.24) is 0 Å². The first kappa shape index (κ1) is 13.3. The van der Waals surface area contributed by atoms with Crippen LogP contribution >= 0.6 is 0 Å². The first-order valence-corrected chi connectivity index (χ1v) is 6.05. The number of ketones is 1. The van der Waals surface area contributed by atoms with Crippen LogP contribution in [-0.4, -0.2) is 5.78 Å². The lowest BCUT2D eigenvalue weighted by Crippen LogP contribution is -2.02. The Hall–Kier alpha value is -2.16. The largest absolute Gasteiger partial charge is 0.488 e. The summed E-state index contributed by atoms with van der Waals surface area (Å²) in [5.41, 5.74) is 2.51. The van der Waals surface area contributed by atoms with Crippen molar-refractivity contribution >= 4 is 5.78 Å². The zero-order valence-electron chi connectivity index (χ0n) is 10.9. The summed E-state index contributed by atoms with van der Waals surface area (Å²) in [4.78, 5) is 11.4. The van der Waals surface area contributed by atoms with Gasteiger partial charge < -0.3 is 4.74 Å². The van der Waals surface area contributed by atoms with Crippen LogP contribution in [0, 0.1) is 12.7 Å². The average Bonchev–Trinajstić information content (AvgIpc) is 2.36. The number of hydrogen-bond acceptors (Lipinski definition) is 2. The van der Waals surface area contributed by atoms with Crippen LogP contribution in [0.4, 0.5) is 4.39 Å². The number of halogens is 1. The maximum Gasteiger partial charge on any atom is 0.163 e. The van der Waals surface area contributed by atoms with E-state index in [0.717, 1.165) is 11.1 Å². The molecule has 2 rings (SSSR count). The summed E-state index contributed by atoms with van der Waals surface area (Å²) in [5, 5.41) is 0. The van der Waals surface area contributed by atoms with Gasteiger partial charge in [0.15, 0.2) is 5.78 Å². The van der Waals surface area contributed by atoms with Crippen LogP contribution in [-0.2, 0) is 6.61 Å². The average molecular weight is 258 g/mol. The summed E-state index contributed by atoms with van der Waals surface area (Å²) in [7, 11) is 0. The monoisotopic (exact) mass is 258 g/mol. The number of hydrogen-bond donors (Lipinski definition) is 0. The highest BCUT2D eigenvalue weighted by atomic mass is 19.1. The minimum absolute atomic E-state index is 0.140. The third kappa shape index (κ3) is 3.41. The van der Waals surface area contributed by atoms with E-state index in [2.05, 4.69) is 0 Å². The molecule has 98 valence electrons. The second-order valence-electron chi connectivity index (χ2n) is 4.47. The molecule has 0 amide bonds. The van der Waals surface area contributed by atoms with E-state index in [0.29, 0.717) is 12.2 Å². The molecule has 0 aliphatic carbocycles. The molecule has 2 aromatic carbocycles. The van der Waals surface area contributed by atoms with Crippen LogP contribution in [0.2, 0.25) is 0 Å². The van der Waals surface area contributed by atoms with Gasteiger partial charge in [0.05, 0.1) is 5.56 Å². The second-order valence-corrected chi connectivity index (χ2v) is 4.47. The van der Waals surface area contributed by atoms with E-state index in [1.54, 1.807) is 0 Å². The number of benzene rings is 2. The number of rotatable bonds is 4. The molecule has 2 nitrogen and oxygen atoms in total. The van der Waals surface area contributed by atoms with Crippen LogP contribution in [0.3, 0.4) is 0 Å². The van der Waals surface area contributed by atoms with Crippen molar-refractivity contribution in [2.24, 2.45) is 0 Å². The van der Waals surface area contributed by atoms with Gasteiger partial charge in [-0.1, -0.05) is 29.8 Å². The number of ether oxygens (including phenoxy) is 1. The minimum atomic E-state index is -0.413. The molecule has 3 heteroatoms. The normalized spacial score (nSPS) is 10.3. The number of carbonyl (C=O) groups excluding carboxylic acids is 1. The van der Waals surface area contributed by atoms with Gasteiger partial charge in [-0.15, -0.1) is 0 Å². The Labute approximate surface area is 111 Å². The molecule has 0 bridgehead atoms. The molecule has 0 aromatic heterocycles. The molecular weight excluding hydrogens is 243 g/mol. The highest BCUT2D eigenvalue weighted by molar-refractivity contribution is 5.96. The van der Waals surface area contributed by atoms with Crippen molar-refractivity contribution in [3.8, 4) is 5.75 Å². The quantitative estimate of drug-likeness (QED) is 0.777. The van der Waals surface area contributed by atoms with E-state index in [1.807, 2.05) is 31.2 Å². The fourth-order valence-corrected chi connectivity index (χ4v) is 1.87. The van der Waals surface area contributed by atoms with Gasteiger partial charge in [0.1, 0.15) is 18.2 Å². The van der Waals surface area contributed by atoms with Crippen LogP contribution in [0.5, 0.6) is 5.75 Å². The van der Waals surface area contributed by atoms with Gasteiger partial charge in [0.25, 0.3) is 0 Å². The van der Waals surface area contributed by atoms with Crippen molar-refractivity contribution in [1.29, 1.82) is 0 Å². The summed E-state index contributed by atoms with van der Waals surface area (Å²) >= 11 is 0. The zero-order chi connectivity index (χ0) is 13.8. The number of carbonyl (C=O) groups is 1.